The minimum Gasteiger partial charge on any atom is -0.482 e. The van der Waals surface area contributed by atoms with Crippen LogP contribution < -0.4 is 15.4 Å². The van der Waals surface area contributed by atoms with Crippen LogP contribution in [0, 0.1) is 5.92 Å². The van der Waals surface area contributed by atoms with E-state index in [2.05, 4.69) is 23.6 Å². The van der Waals surface area contributed by atoms with E-state index in [0.29, 0.717) is 6.04 Å². The lowest BCUT2D eigenvalue weighted by atomic mass is 10.0. The van der Waals surface area contributed by atoms with E-state index in [9.17, 15) is 4.79 Å². The van der Waals surface area contributed by atoms with Gasteiger partial charge < -0.3 is 15.4 Å². The summed E-state index contributed by atoms with van der Waals surface area (Å²) < 4.78 is 5.38. The van der Waals surface area contributed by atoms with Crippen molar-refractivity contribution >= 4 is 11.6 Å². The number of rotatable bonds is 4. The van der Waals surface area contributed by atoms with Crippen molar-refractivity contribution in [2.24, 2.45) is 5.92 Å². The smallest absolute Gasteiger partial charge is 0.262 e. The Bertz CT molecular complexity index is 495. The van der Waals surface area contributed by atoms with Gasteiger partial charge >= 0.3 is 0 Å². The molecule has 2 N–H and O–H groups in total. The molecule has 0 saturated heterocycles. The second kappa shape index (κ2) is 5.83. The van der Waals surface area contributed by atoms with Crippen LogP contribution >= 0.6 is 0 Å². The van der Waals surface area contributed by atoms with Gasteiger partial charge in [0.25, 0.3) is 5.91 Å². The van der Waals surface area contributed by atoms with Crippen LogP contribution in [0.3, 0.4) is 0 Å². The Morgan fingerprint density at radius 1 is 1.40 bits per heavy atom. The summed E-state index contributed by atoms with van der Waals surface area (Å²) in [7, 11) is 0. The summed E-state index contributed by atoms with van der Waals surface area (Å²) >= 11 is 0. The fourth-order valence-electron chi connectivity index (χ4n) is 3.05. The monoisotopic (exact) mass is 274 g/mol. The molecule has 0 bridgehead atoms. The molecule has 2 aliphatic rings. The topological polar surface area (TPSA) is 50.4 Å². The lowest BCUT2D eigenvalue weighted by molar-refractivity contribution is -0.118. The van der Waals surface area contributed by atoms with E-state index in [4.69, 9.17) is 4.74 Å². The summed E-state index contributed by atoms with van der Waals surface area (Å²) in [6.45, 7) is 3.37. The van der Waals surface area contributed by atoms with Crippen LogP contribution in [-0.2, 0) is 4.79 Å². The molecule has 1 heterocycles. The van der Waals surface area contributed by atoms with Crippen LogP contribution in [0.2, 0.25) is 0 Å². The van der Waals surface area contributed by atoms with Crippen molar-refractivity contribution < 1.29 is 9.53 Å². The van der Waals surface area contributed by atoms with Gasteiger partial charge in [-0.15, -0.1) is 0 Å². The molecular formula is C16H22N2O2. The largest absolute Gasteiger partial charge is 0.482 e. The molecule has 4 heteroatoms. The van der Waals surface area contributed by atoms with Gasteiger partial charge in [0.1, 0.15) is 5.75 Å². The molecule has 1 aliphatic heterocycles. The fourth-order valence-corrected chi connectivity index (χ4v) is 3.05. The highest BCUT2D eigenvalue weighted by molar-refractivity contribution is 5.95. The normalized spacial score (nSPS) is 20.1. The standard InChI is InChI=1S/C16H22N2O2/c1-11(17-9-12-4-2-3-5-12)13-6-7-15-14(8-13)18-16(19)10-20-15/h6-8,11-12,17H,2-5,9-10H2,1H3,(H,18,19). The first kappa shape index (κ1) is 13.4. The van der Waals surface area contributed by atoms with Gasteiger partial charge in [-0.1, -0.05) is 18.9 Å². The maximum absolute atomic E-state index is 11.4. The highest BCUT2D eigenvalue weighted by Crippen LogP contribution is 2.31. The quantitative estimate of drug-likeness (QED) is 0.887. The van der Waals surface area contributed by atoms with Crippen LogP contribution in [0.15, 0.2) is 18.2 Å². The maximum atomic E-state index is 11.4. The number of amides is 1. The summed E-state index contributed by atoms with van der Waals surface area (Å²) in [5.74, 6) is 1.51. The zero-order chi connectivity index (χ0) is 13.9. The van der Waals surface area contributed by atoms with Crippen molar-refractivity contribution in [3.05, 3.63) is 23.8 Å². The Balaban J connectivity index is 1.63. The SMILES string of the molecule is CC(NCC1CCCC1)c1ccc2c(c1)NC(=O)CO2. The Labute approximate surface area is 119 Å². The number of fused-ring (bicyclic) bond motifs is 1. The molecule has 1 aromatic rings. The van der Waals surface area contributed by atoms with Crippen LogP contribution in [-0.4, -0.2) is 19.1 Å². The van der Waals surface area contributed by atoms with E-state index in [1.165, 1.54) is 31.2 Å². The minimum atomic E-state index is -0.0822. The highest BCUT2D eigenvalue weighted by atomic mass is 16.5. The van der Waals surface area contributed by atoms with Crippen LogP contribution in [0.1, 0.15) is 44.2 Å². The average Bonchev–Trinajstić information content (AvgIpc) is 2.97. The average molecular weight is 274 g/mol. The number of hydrogen-bond acceptors (Lipinski definition) is 3. The maximum Gasteiger partial charge on any atom is 0.262 e. The van der Waals surface area contributed by atoms with Crippen molar-refractivity contribution in [2.45, 2.75) is 38.6 Å². The molecular weight excluding hydrogens is 252 g/mol. The molecule has 1 aliphatic carbocycles. The van der Waals surface area contributed by atoms with E-state index >= 15 is 0 Å². The lowest BCUT2D eigenvalue weighted by Crippen LogP contribution is -2.27. The third-order valence-electron chi connectivity index (χ3n) is 4.32. The molecule has 0 spiro atoms. The molecule has 1 aromatic carbocycles. The minimum absolute atomic E-state index is 0.0822. The second-order valence-corrected chi connectivity index (χ2v) is 5.87. The van der Waals surface area contributed by atoms with Crippen molar-refractivity contribution in [3.63, 3.8) is 0 Å². The van der Waals surface area contributed by atoms with E-state index < -0.39 is 0 Å². The molecule has 20 heavy (non-hydrogen) atoms. The fraction of sp³-hybridized carbons (Fsp3) is 0.562. The summed E-state index contributed by atoms with van der Waals surface area (Å²) in [4.78, 5) is 11.4. The van der Waals surface area contributed by atoms with Crippen LogP contribution in [0.5, 0.6) is 5.75 Å². The Morgan fingerprint density at radius 3 is 3.00 bits per heavy atom. The van der Waals surface area contributed by atoms with Crippen molar-refractivity contribution in [3.8, 4) is 5.75 Å². The summed E-state index contributed by atoms with van der Waals surface area (Å²) in [5.41, 5.74) is 1.97. The summed E-state index contributed by atoms with van der Waals surface area (Å²) in [6, 6.07) is 6.32. The molecule has 4 nitrogen and oxygen atoms in total. The molecule has 0 aromatic heterocycles. The molecule has 1 unspecified atom stereocenters. The van der Waals surface area contributed by atoms with Gasteiger partial charge in [-0.3, -0.25) is 4.79 Å². The summed E-state index contributed by atoms with van der Waals surface area (Å²) in [6.07, 6.45) is 5.47. The Hall–Kier alpha value is -1.55. The zero-order valence-electron chi connectivity index (χ0n) is 11.9. The predicted octanol–water partition coefficient (Wildman–Crippen LogP) is 2.86. The molecule has 1 fully saturated rings. The number of ether oxygens (including phenoxy) is 1. The van der Waals surface area contributed by atoms with Gasteiger partial charge in [0.05, 0.1) is 5.69 Å². The van der Waals surface area contributed by atoms with Crippen molar-refractivity contribution in [1.29, 1.82) is 0 Å². The predicted molar refractivity (Wildman–Crippen MR) is 78.9 cm³/mol. The lowest BCUT2D eigenvalue weighted by Gasteiger charge is -2.22. The molecule has 0 radical (unpaired) electrons. The van der Waals surface area contributed by atoms with Gasteiger partial charge in [0.15, 0.2) is 6.61 Å². The number of benzene rings is 1. The van der Waals surface area contributed by atoms with Crippen molar-refractivity contribution in [2.75, 3.05) is 18.5 Å². The molecule has 1 atom stereocenters. The zero-order valence-corrected chi connectivity index (χ0v) is 11.9. The van der Waals surface area contributed by atoms with Crippen molar-refractivity contribution in [1.82, 2.24) is 5.32 Å². The van der Waals surface area contributed by atoms with Gasteiger partial charge in [-0.05, 0) is 49.9 Å². The molecule has 1 saturated carbocycles. The number of carbonyl (C=O) groups is 1. The third kappa shape index (κ3) is 2.96. The van der Waals surface area contributed by atoms with Gasteiger partial charge in [-0.2, -0.15) is 0 Å². The van der Waals surface area contributed by atoms with Gasteiger partial charge in [0, 0.05) is 6.04 Å². The number of carbonyl (C=O) groups excluding carboxylic acids is 1. The van der Waals surface area contributed by atoms with Gasteiger partial charge in [-0.25, -0.2) is 0 Å². The van der Waals surface area contributed by atoms with E-state index in [0.717, 1.165) is 23.9 Å². The van der Waals surface area contributed by atoms with Gasteiger partial charge in [0.2, 0.25) is 0 Å². The first-order valence-electron chi connectivity index (χ1n) is 7.52. The van der Waals surface area contributed by atoms with E-state index in [-0.39, 0.29) is 12.5 Å². The Kier molecular flexibility index (Phi) is 3.92. The molecule has 1 amide bonds. The molecule has 3 rings (SSSR count). The highest BCUT2D eigenvalue weighted by Gasteiger charge is 2.19. The molecule has 108 valence electrons. The first-order valence-corrected chi connectivity index (χ1v) is 7.52. The number of anilines is 1. The summed E-state index contributed by atoms with van der Waals surface area (Å²) in [5, 5.41) is 6.47. The van der Waals surface area contributed by atoms with Crippen LogP contribution in [0.25, 0.3) is 0 Å². The van der Waals surface area contributed by atoms with Crippen LogP contribution in [0.4, 0.5) is 5.69 Å². The first-order chi connectivity index (χ1) is 9.72. The number of hydrogen-bond donors (Lipinski definition) is 2. The third-order valence-corrected chi connectivity index (χ3v) is 4.32. The number of nitrogens with one attached hydrogen (secondary N) is 2. The second-order valence-electron chi connectivity index (χ2n) is 5.87. The Morgan fingerprint density at radius 2 is 2.20 bits per heavy atom. The van der Waals surface area contributed by atoms with E-state index in [1.807, 2.05) is 12.1 Å². The van der Waals surface area contributed by atoms with E-state index in [1.54, 1.807) is 0 Å².